The van der Waals surface area contributed by atoms with E-state index in [-0.39, 0.29) is 6.79 Å². The van der Waals surface area contributed by atoms with Gasteiger partial charge >= 0.3 is 0 Å². The molecule has 5 rings (SSSR count). The summed E-state index contributed by atoms with van der Waals surface area (Å²) >= 11 is 1.64. The number of benzene rings is 4. The van der Waals surface area contributed by atoms with E-state index < -0.39 is 12.2 Å². The fourth-order valence-electron chi connectivity index (χ4n) is 4.57. The first-order valence-electron chi connectivity index (χ1n) is 14.0. The van der Waals surface area contributed by atoms with Crippen LogP contribution in [0.1, 0.15) is 29.5 Å². The van der Waals surface area contributed by atoms with Gasteiger partial charge in [0.05, 0.1) is 32.5 Å². The number of hydrogen-bond acceptors (Lipinski definition) is 7. The SMILES string of the molecule is COc1ccc(COCC[C@H](OCc2ccccc2)[C@@H](O)CC(=Cc2ccc3c(c2)OCO3)Sc2ccccc2)cc1. The number of aliphatic hydroxyl groups excluding tert-OH is 1. The second-order valence-electron chi connectivity index (χ2n) is 9.93. The first-order valence-corrected chi connectivity index (χ1v) is 14.9. The molecule has 0 saturated carbocycles. The lowest BCUT2D eigenvalue weighted by molar-refractivity contribution is -0.0608. The molecule has 0 aliphatic carbocycles. The number of fused-ring (bicyclic) bond motifs is 1. The van der Waals surface area contributed by atoms with Gasteiger partial charge in [0.25, 0.3) is 0 Å². The highest BCUT2D eigenvalue weighted by Gasteiger charge is 2.23. The third-order valence-electron chi connectivity index (χ3n) is 6.84. The van der Waals surface area contributed by atoms with Crippen LogP contribution in [-0.4, -0.2) is 37.8 Å². The van der Waals surface area contributed by atoms with Gasteiger partial charge in [-0.1, -0.05) is 78.5 Å². The molecule has 1 aliphatic rings. The maximum Gasteiger partial charge on any atom is 0.231 e. The predicted molar refractivity (Wildman–Crippen MR) is 166 cm³/mol. The molecule has 4 aromatic carbocycles. The van der Waals surface area contributed by atoms with Crippen LogP contribution >= 0.6 is 11.8 Å². The molecular formula is C35H36O6S. The molecule has 0 fully saturated rings. The number of rotatable bonds is 15. The summed E-state index contributed by atoms with van der Waals surface area (Å²) in [5.41, 5.74) is 3.10. The van der Waals surface area contributed by atoms with Crippen LogP contribution in [-0.2, 0) is 22.7 Å². The molecule has 42 heavy (non-hydrogen) atoms. The standard InChI is InChI=1S/C35H36O6S/c1-37-29-15-12-27(13-16-29)23-38-19-18-33(39-24-26-8-4-2-5-9-26)32(36)22-31(42-30-10-6-3-7-11-30)20-28-14-17-34-35(21-28)41-25-40-34/h2-17,20-21,32-33,36H,18-19,22-25H2,1H3/t32-,33-/m0/s1. The van der Waals surface area contributed by atoms with Crippen molar-refractivity contribution >= 4 is 17.8 Å². The number of ether oxygens (including phenoxy) is 5. The normalized spacial score (nSPS) is 14.0. The third-order valence-corrected chi connectivity index (χ3v) is 7.89. The number of aliphatic hydroxyl groups is 1. The van der Waals surface area contributed by atoms with Gasteiger partial charge < -0.3 is 28.8 Å². The minimum absolute atomic E-state index is 0.230. The Kier molecular flexibility index (Phi) is 11.0. The molecule has 6 nitrogen and oxygen atoms in total. The summed E-state index contributed by atoms with van der Waals surface area (Å²) in [6.07, 6.45) is 1.91. The predicted octanol–water partition coefficient (Wildman–Crippen LogP) is 7.50. The van der Waals surface area contributed by atoms with Crippen LogP contribution in [0.4, 0.5) is 0 Å². The van der Waals surface area contributed by atoms with Crippen LogP contribution in [0.25, 0.3) is 6.08 Å². The van der Waals surface area contributed by atoms with E-state index in [0.717, 1.165) is 43.7 Å². The number of thioether (sulfide) groups is 1. The summed E-state index contributed by atoms with van der Waals surface area (Å²) in [5, 5.41) is 11.5. The van der Waals surface area contributed by atoms with Crippen molar-refractivity contribution < 1.29 is 28.8 Å². The van der Waals surface area contributed by atoms with E-state index in [0.29, 0.717) is 32.7 Å². The molecule has 218 valence electrons. The summed E-state index contributed by atoms with van der Waals surface area (Å²) in [6.45, 7) is 1.57. The molecule has 0 saturated heterocycles. The molecule has 0 amide bonds. The van der Waals surface area contributed by atoms with Gasteiger partial charge in [-0.3, -0.25) is 0 Å². The van der Waals surface area contributed by atoms with Crippen LogP contribution in [0.2, 0.25) is 0 Å². The Balaban J connectivity index is 1.28. The zero-order valence-corrected chi connectivity index (χ0v) is 24.5. The molecule has 7 heteroatoms. The van der Waals surface area contributed by atoms with Crippen molar-refractivity contribution in [3.8, 4) is 17.2 Å². The van der Waals surface area contributed by atoms with Crippen molar-refractivity contribution in [3.05, 3.63) is 125 Å². The van der Waals surface area contributed by atoms with Crippen LogP contribution in [0.3, 0.4) is 0 Å². The van der Waals surface area contributed by atoms with Crippen molar-refractivity contribution in [2.24, 2.45) is 0 Å². The molecule has 0 aromatic heterocycles. The third kappa shape index (κ3) is 8.87. The minimum atomic E-state index is -0.741. The van der Waals surface area contributed by atoms with Crippen LogP contribution in [0.15, 0.2) is 113 Å². The molecule has 0 unspecified atom stereocenters. The maximum absolute atomic E-state index is 11.5. The van der Waals surface area contributed by atoms with Gasteiger partial charge in [-0.15, -0.1) is 0 Å². The van der Waals surface area contributed by atoms with Crippen LogP contribution in [0, 0.1) is 0 Å². The van der Waals surface area contributed by atoms with Gasteiger partial charge in [-0.25, -0.2) is 0 Å². The lowest BCUT2D eigenvalue weighted by Crippen LogP contribution is -2.30. The van der Waals surface area contributed by atoms with E-state index in [1.807, 2.05) is 91.0 Å². The summed E-state index contributed by atoms with van der Waals surface area (Å²) in [5.74, 6) is 2.29. The zero-order valence-electron chi connectivity index (χ0n) is 23.7. The average molecular weight is 585 g/mol. The quantitative estimate of drug-likeness (QED) is 0.115. The van der Waals surface area contributed by atoms with Gasteiger partial charge in [0.1, 0.15) is 5.75 Å². The molecule has 1 aliphatic heterocycles. The molecular weight excluding hydrogens is 548 g/mol. The Morgan fingerprint density at radius 1 is 0.857 bits per heavy atom. The van der Waals surface area contributed by atoms with Gasteiger partial charge in [-0.2, -0.15) is 0 Å². The molecule has 4 aromatic rings. The van der Waals surface area contributed by atoms with E-state index in [1.54, 1.807) is 18.9 Å². The Morgan fingerprint density at radius 2 is 1.57 bits per heavy atom. The zero-order chi connectivity index (χ0) is 29.0. The lowest BCUT2D eigenvalue weighted by atomic mass is 10.1. The van der Waals surface area contributed by atoms with Crippen LogP contribution in [0.5, 0.6) is 17.2 Å². The Hall–Kier alpha value is -3.75. The van der Waals surface area contributed by atoms with E-state index in [4.69, 9.17) is 23.7 Å². The van der Waals surface area contributed by atoms with Crippen molar-refractivity contribution in [3.63, 3.8) is 0 Å². The molecule has 1 N–H and O–H groups in total. The molecule has 0 bridgehead atoms. The number of hydrogen-bond donors (Lipinski definition) is 1. The van der Waals surface area contributed by atoms with Gasteiger partial charge in [0.2, 0.25) is 6.79 Å². The fraction of sp³-hybridized carbons (Fsp3) is 0.257. The van der Waals surface area contributed by atoms with Crippen LogP contribution < -0.4 is 14.2 Å². The van der Waals surface area contributed by atoms with Crippen molar-refractivity contribution in [2.45, 2.75) is 43.2 Å². The second kappa shape index (κ2) is 15.5. The van der Waals surface area contributed by atoms with Crippen molar-refractivity contribution in [2.75, 3.05) is 20.5 Å². The summed E-state index contributed by atoms with van der Waals surface area (Å²) < 4.78 is 28.6. The minimum Gasteiger partial charge on any atom is -0.497 e. The summed E-state index contributed by atoms with van der Waals surface area (Å²) in [7, 11) is 1.65. The number of methoxy groups -OCH3 is 1. The molecule has 0 spiro atoms. The summed E-state index contributed by atoms with van der Waals surface area (Å²) in [6, 6.07) is 33.9. The van der Waals surface area contributed by atoms with Gasteiger partial charge in [0, 0.05) is 17.9 Å². The maximum atomic E-state index is 11.5. The molecule has 0 radical (unpaired) electrons. The van der Waals surface area contributed by atoms with Crippen molar-refractivity contribution in [1.29, 1.82) is 0 Å². The highest BCUT2D eigenvalue weighted by molar-refractivity contribution is 8.03. The largest absolute Gasteiger partial charge is 0.497 e. The highest BCUT2D eigenvalue weighted by Crippen LogP contribution is 2.36. The van der Waals surface area contributed by atoms with E-state index in [9.17, 15) is 5.11 Å². The Labute approximate surface area is 251 Å². The first kappa shape index (κ1) is 29.7. The van der Waals surface area contributed by atoms with Gasteiger partial charge in [0.15, 0.2) is 11.5 Å². The smallest absolute Gasteiger partial charge is 0.231 e. The second-order valence-corrected chi connectivity index (χ2v) is 11.1. The Bertz CT molecular complexity index is 1410. The highest BCUT2D eigenvalue weighted by atomic mass is 32.2. The van der Waals surface area contributed by atoms with E-state index in [1.165, 1.54) is 0 Å². The first-order chi connectivity index (χ1) is 20.7. The molecule has 2 atom stereocenters. The summed E-state index contributed by atoms with van der Waals surface area (Å²) in [4.78, 5) is 2.11. The topological polar surface area (TPSA) is 66.4 Å². The fourth-order valence-corrected chi connectivity index (χ4v) is 5.62. The lowest BCUT2D eigenvalue weighted by Gasteiger charge is -2.25. The van der Waals surface area contributed by atoms with E-state index in [2.05, 4.69) is 18.2 Å². The monoisotopic (exact) mass is 584 g/mol. The molecule has 1 heterocycles. The van der Waals surface area contributed by atoms with Gasteiger partial charge in [-0.05, 0) is 70.5 Å². The Morgan fingerprint density at radius 3 is 2.33 bits per heavy atom. The van der Waals surface area contributed by atoms with E-state index >= 15 is 0 Å². The van der Waals surface area contributed by atoms with Crippen molar-refractivity contribution in [1.82, 2.24) is 0 Å². The average Bonchev–Trinajstić information content (AvgIpc) is 3.50.